The molecule has 3 aliphatic rings. The van der Waals surface area contributed by atoms with Gasteiger partial charge in [-0.05, 0) is 56.4 Å². The van der Waals surface area contributed by atoms with E-state index in [1.54, 1.807) is 18.5 Å². The highest BCUT2D eigenvalue weighted by atomic mass is 35.5. The Kier molecular flexibility index (Phi) is 5.24. The molecule has 11 heteroatoms. The monoisotopic (exact) mass is 526 g/mol. The van der Waals surface area contributed by atoms with Gasteiger partial charge in [0.2, 0.25) is 5.95 Å². The summed E-state index contributed by atoms with van der Waals surface area (Å²) in [6.45, 7) is 3.33. The van der Waals surface area contributed by atoms with E-state index >= 15 is 0 Å². The van der Waals surface area contributed by atoms with E-state index in [-0.39, 0.29) is 10.9 Å². The van der Waals surface area contributed by atoms with Crippen LogP contribution in [0.3, 0.4) is 0 Å². The van der Waals surface area contributed by atoms with Crippen LogP contribution < -0.4 is 10.5 Å². The predicted octanol–water partition coefficient (Wildman–Crippen LogP) is 4.11. The molecule has 1 saturated carbocycles. The fourth-order valence-electron chi connectivity index (χ4n) is 5.18. The molecule has 3 aromatic rings. The number of aromatic nitrogens is 3. The Bertz CT molecular complexity index is 1590. The maximum atomic E-state index is 13.6. The Hall–Kier alpha value is -3.24. The first-order valence-electron chi connectivity index (χ1n) is 11.9. The number of carboxylic acid groups (broad SMARTS) is 1. The zero-order valence-electron chi connectivity index (χ0n) is 19.4. The number of pyridine rings is 1. The second-order valence-corrected chi connectivity index (χ2v) is 12.2. The van der Waals surface area contributed by atoms with E-state index in [1.807, 2.05) is 0 Å². The smallest absolute Gasteiger partial charge is 0.341 e. The number of benzene rings is 1. The second kappa shape index (κ2) is 8.14. The molecule has 1 unspecified atom stereocenters. The summed E-state index contributed by atoms with van der Waals surface area (Å²) in [5, 5.41) is 8.86. The van der Waals surface area contributed by atoms with Crippen LogP contribution in [0.1, 0.15) is 59.8 Å². The zero-order chi connectivity index (χ0) is 25.4. The fraction of sp³-hybridized carbons (Fsp3) is 0.360. The molecule has 1 aliphatic carbocycles. The molecule has 9 nitrogen and oxygen atoms in total. The van der Waals surface area contributed by atoms with Crippen LogP contribution >= 0.6 is 11.6 Å². The van der Waals surface area contributed by atoms with Gasteiger partial charge in [-0.3, -0.25) is 4.79 Å². The van der Waals surface area contributed by atoms with Crippen LogP contribution in [0.5, 0.6) is 0 Å². The van der Waals surface area contributed by atoms with Crippen molar-refractivity contribution in [2.75, 3.05) is 18.0 Å². The number of sulfone groups is 1. The highest BCUT2D eigenvalue weighted by Crippen LogP contribution is 2.49. The molecule has 1 atom stereocenters. The number of hydrogen-bond donors (Lipinski definition) is 1. The molecule has 1 aromatic carbocycles. The van der Waals surface area contributed by atoms with Gasteiger partial charge in [0.25, 0.3) is 5.56 Å². The summed E-state index contributed by atoms with van der Waals surface area (Å²) < 4.78 is 28.7. The third-order valence-corrected chi connectivity index (χ3v) is 9.73. The minimum absolute atomic E-state index is 0.0578. The highest BCUT2D eigenvalue weighted by molar-refractivity contribution is 7.92. The summed E-state index contributed by atoms with van der Waals surface area (Å²) >= 11 is 6.69. The lowest BCUT2D eigenvalue weighted by Crippen LogP contribution is -2.31. The van der Waals surface area contributed by atoms with Crippen LogP contribution in [0.15, 0.2) is 40.3 Å². The molecule has 2 aromatic heterocycles. The average molecular weight is 527 g/mol. The van der Waals surface area contributed by atoms with Crippen LogP contribution in [-0.2, 0) is 9.84 Å². The van der Waals surface area contributed by atoms with Gasteiger partial charge in [-0.15, -0.1) is 0 Å². The van der Waals surface area contributed by atoms with E-state index in [0.717, 1.165) is 38.8 Å². The van der Waals surface area contributed by atoms with Gasteiger partial charge in [-0.25, -0.2) is 23.2 Å². The van der Waals surface area contributed by atoms with Crippen LogP contribution in [0.2, 0.25) is 5.02 Å². The van der Waals surface area contributed by atoms with Gasteiger partial charge < -0.3 is 14.6 Å². The first-order chi connectivity index (χ1) is 17.2. The summed E-state index contributed by atoms with van der Waals surface area (Å²) in [7, 11) is -3.90. The molecule has 36 heavy (non-hydrogen) atoms. The fourth-order valence-corrected chi connectivity index (χ4v) is 7.09. The number of fused-ring (bicyclic) bond motifs is 3. The molecule has 6 rings (SSSR count). The van der Waals surface area contributed by atoms with Crippen molar-refractivity contribution < 1.29 is 18.3 Å². The Morgan fingerprint density at radius 2 is 1.75 bits per heavy atom. The molecular weight excluding hydrogens is 504 g/mol. The Labute approximate surface area is 212 Å². The molecule has 4 heterocycles. The predicted molar refractivity (Wildman–Crippen MR) is 134 cm³/mol. The topological polar surface area (TPSA) is 122 Å². The van der Waals surface area contributed by atoms with Gasteiger partial charge in [0, 0.05) is 53.2 Å². The molecule has 1 N–H and O–H groups in total. The van der Waals surface area contributed by atoms with Crippen molar-refractivity contribution >= 4 is 33.4 Å². The van der Waals surface area contributed by atoms with Gasteiger partial charge >= 0.3 is 5.97 Å². The number of carboxylic acids is 1. The minimum atomic E-state index is -3.90. The lowest BCUT2D eigenvalue weighted by Gasteiger charge is -2.29. The molecule has 2 aliphatic heterocycles. The quantitative estimate of drug-likeness (QED) is 0.539. The maximum Gasteiger partial charge on any atom is 0.341 e. The molecule has 1 saturated heterocycles. The summed E-state index contributed by atoms with van der Waals surface area (Å²) in [4.78, 5) is 36.0. The lowest BCUT2D eigenvalue weighted by molar-refractivity contribution is 0.0694. The van der Waals surface area contributed by atoms with Crippen LogP contribution in [0.4, 0.5) is 5.95 Å². The van der Waals surface area contributed by atoms with Crippen molar-refractivity contribution in [2.24, 2.45) is 0 Å². The third kappa shape index (κ3) is 3.46. The molecule has 0 spiro atoms. The van der Waals surface area contributed by atoms with Gasteiger partial charge in [-0.1, -0.05) is 11.6 Å². The number of halogens is 1. The lowest BCUT2D eigenvalue weighted by atomic mass is 9.97. The second-order valence-electron chi connectivity index (χ2n) is 9.55. The summed E-state index contributed by atoms with van der Waals surface area (Å²) in [6, 6.07) is 4.11. The van der Waals surface area contributed by atoms with Gasteiger partial charge in [0.15, 0.2) is 9.84 Å². The van der Waals surface area contributed by atoms with Crippen molar-refractivity contribution in [1.29, 1.82) is 0 Å². The molecule has 2 fully saturated rings. The summed E-state index contributed by atoms with van der Waals surface area (Å²) in [5.41, 5.74) is 1.04. The number of hydrogen-bond acceptors (Lipinski definition) is 7. The number of aromatic carboxylic acids is 1. The highest BCUT2D eigenvalue weighted by Gasteiger charge is 2.41. The van der Waals surface area contributed by atoms with E-state index in [0.29, 0.717) is 38.9 Å². The Balaban J connectivity index is 1.55. The van der Waals surface area contributed by atoms with E-state index in [2.05, 4.69) is 14.9 Å². The van der Waals surface area contributed by atoms with Crippen molar-refractivity contribution in [3.05, 3.63) is 57.1 Å². The number of nitrogens with zero attached hydrogens (tertiary/aromatic N) is 4. The van der Waals surface area contributed by atoms with Gasteiger partial charge in [0.05, 0.1) is 15.8 Å². The normalized spacial score (nSPS) is 20.2. The number of rotatable bonds is 4. The van der Waals surface area contributed by atoms with E-state index in [9.17, 15) is 23.1 Å². The minimum Gasteiger partial charge on any atom is -0.477 e. The average Bonchev–Trinajstić information content (AvgIpc) is 3.54. The first kappa shape index (κ1) is 23.2. The Morgan fingerprint density at radius 3 is 2.36 bits per heavy atom. The largest absolute Gasteiger partial charge is 0.477 e. The van der Waals surface area contributed by atoms with Crippen molar-refractivity contribution in [3.8, 4) is 22.4 Å². The standard InChI is InChI=1S/C25H23ClN4O5S/c1-13-16-8-19(24(32)33)23(31)30(15-4-5-15)22(16)18-9-20(26)17(10-21(18)36(13,34)35)14-11-27-25(28-12-14)29-6-2-3-7-29/h8-13,15H,2-7H2,1H3,(H,32,33). The Morgan fingerprint density at radius 1 is 1.08 bits per heavy atom. The van der Waals surface area contributed by atoms with Gasteiger partial charge in [0.1, 0.15) is 5.56 Å². The van der Waals surface area contributed by atoms with E-state index in [1.165, 1.54) is 23.6 Å². The third-order valence-electron chi connectivity index (χ3n) is 7.28. The van der Waals surface area contributed by atoms with Crippen LogP contribution in [-0.4, -0.2) is 47.1 Å². The first-order valence-corrected chi connectivity index (χ1v) is 13.8. The summed E-state index contributed by atoms with van der Waals surface area (Å²) in [6.07, 6.45) is 6.91. The maximum absolute atomic E-state index is 13.6. The number of carbonyl (C=O) groups is 1. The van der Waals surface area contributed by atoms with E-state index < -0.39 is 32.2 Å². The van der Waals surface area contributed by atoms with Crippen LogP contribution in [0, 0.1) is 0 Å². The van der Waals surface area contributed by atoms with Gasteiger partial charge in [-0.2, -0.15) is 0 Å². The van der Waals surface area contributed by atoms with Crippen molar-refractivity contribution in [3.63, 3.8) is 0 Å². The number of anilines is 1. The summed E-state index contributed by atoms with van der Waals surface area (Å²) in [5.74, 6) is -0.749. The molecule has 0 bridgehead atoms. The van der Waals surface area contributed by atoms with Crippen molar-refractivity contribution in [2.45, 2.75) is 48.8 Å². The van der Waals surface area contributed by atoms with Crippen molar-refractivity contribution in [1.82, 2.24) is 14.5 Å². The molecule has 186 valence electrons. The SMILES string of the molecule is CC1c2cc(C(=O)O)c(=O)n(C3CC3)c2-c2cc(Cl)c(-c3cnc(N4CCCC4)nc3)cc2S1(=O)=O. The molecular formula is C25H23ClN4O5S. The molecule has 0 radical (unpaired) electrons. The molecule has 0 amide bonds. The zero-order valence-corrected chi connectivity index (χ0v) is 21.0. The van der Waals surface area contributed by atoms with E-state index in [4.69, 9.17) is 11.6 Å². The van der Waals surface area contributed by atoms with Crippen LogP contribution in [0.25, 0.3) is 22.4 Å².